The van der Waals surface area contributed by atoms with Crippen molar-refractivity contribution in [2.75, 3.05) is 0 Å². The zero-order valence-electron chi connectivity index (χ0n) is 20.3. The fraction of sp³-hybridized carbons (Fsp3) is 0.179. The van der Waals surface area contributed by atoms with E-state index in [0.29, 0.717) is 57.7 Å². The average molecular weight is 546 g/mol. The van der Waals surface area contributed by atoms with E-state index in [1.807, 2.05) is 36.4 Å². The van der Waals surface area contributed by atoms with Gasteiger partial charge in [0, 0.05) is 37.5 Å². The summed E-state index contributed by atoms with van der Waals surface area (Å²) in [6, 6.07) is 21.7. The second-order valence-electron chi connectivity index (χ2n) is 8.68. The summed E-state index contributed by atoms with van der Waals surface area (Å²) in [6.07, 6.45) is 2.29. The first-order valence-corrected chi connectivity index (χ1v) is 13.4. The van der Waals surface area contributed by atoms with Gasteiger partial charge in [-0.25, -0.2) is 9.97 Å². The van der Waals surface area contributed by atoms with E-state index in [1.54, 1.807) is 34.9 Å². The molecule has 5 rings (SSSR count). The Kier molecular flexibility index (Phi) is 7.86. The Morgan fingerprint density at radius 1 is 0.974 bits per heavy atom. The second-order valence-corrected chi connectivity index (χ2v) is 10.1. The molecule has 8 nitrogen and oxygen atoms in total. The molecule has 10 heteroatoms. The number of pyridine rings is 1. The number of carbonyl (C=O) groups excluding carboxylic acids is 1. The minimum Gasteiger partial charge on any atom is -0.352 e. The lowest BCUT2D eigenvalue weighted by Crippen LogP contribution is -2.26. The molecule has 192 valence electrons. The van der Waals surface area contributed by atoms with E-state index in [2.05, 4.69) is 10.3 Å². The molecule has 0 aliphatic carbocycles. The molecular weight excluding hydrogens is 522 g/mol. The Morgan fingerprint density at radius 3 is 2.61 bits per heavy atom. The highest BCUT2D eigenvalue weighted by molar-refractivity contribution is 7.98. The lowest BCUT2D eigenvalue weighted by molar-refractivity contribution is -0.121. The largest absolute Gasteiger partial charge is 0.352 e. The fourth-order valence-corrected chi connectivity index (χ4v) is 5.15. The van der Waals surface area contributed by atoms with Crippen LogP contribution in [0.3, 0.4) is 0 Å². The van der Waals surface area contributed by atoms with Gasteiger partial charge in [-0.2, -0.15) is 0 Å². The molecule has 0 fully saturated rings. The number of hydrogen-bond donors (Lipinski definition) is 1. The van der Waals surface area contributed by atoms with E-state index in [4.69, 9.17) is 16.6 Å². The van der Waals surface area contributed by atoms with Gasteiger partial charge >= 0.3 is 0 Å². The Balaban J connectivity index is 1.32. The minimum atomic E-state index is -0.238. The van der Waals surface area contributed by atoms with Crippen molar-refractivity contribution in [3.63, 3.8) is 0 Å². The van der Waals surface area contributed by atoms with Gasteiger partial charge in [0.15, 0.2) is 5.16 Å². The van der Waals surface area contributed by atoms with Crippen LogP contribution in [-0.4, -0.2) is 24.8 Å². The van der Waals surface area contributed by atoms with Crippen LogP contribution in [0.2, 0.25) is 5.02 Å². The molecule has 0 aliphatic rings. The summed E-state index contributed by atoms with van der Waals surface area (Å²) in [5.74, 6) is 0.266. The number of thioether (sulfide) groups is 1. The molecule has 0 saturated heterocycles. The lowest BCUT2D eigenvalue weighted by Gasteiger charge is -2.13. The number of halogens is 1. The maximum Gasteiger partial charge on any atom is 0.262 e. The SMILES string of the molecule is O=C(CCCn1c(SCc2cc(=O)n3cc(Cl)ccc3n2)nc2ccccc2c1=O)NCc1ccccc1. The summed E-state index contributed by atoms with van der Waals surface area (Å²) in [4.78, 5) is 47.6. The highest BCUT2D eigenvalue weighted by Crippen LogP contribution is 2.22. The van der Waals surface area contributed by atoms with Gasteiger partial charge in [0.1, 0.15) is 5.65 Å². The van der Waals surface area contributed by atoms with Crippen LogP contribution in [-0.2, 0) is 23.6 Å². The maximum absolute atomic E-state index is 13.3. The van der Waals surface area contributed by atoms with Crippen molar-refractivity contribution in [1.82, 2.24) is 24.3 Å². The van der Waals surface area contributed by atoms with Crippen LogP contribution in [0.4, 0.5) is 0 Å². The smallest absolute Gasteiger partial charge is 0.262 e. The van der Waals surface area contributed by atoms with Gasteiger partial charge in [0.2, 0.25) is 5.91 Å². The van der Waals surface area contributed by atoms with Crippen molar-refractivity contribution in [2.45, 2.75) is 36.8 Å². The van der Waals surface area contributed by atoms with E-state index in [1.165, 1.54) is 28.4 Å². The topological polar surface area (TPSA) is 98.4 Å². The molecule has 1 amide bonds. The summed E-state index contributed by atoms with van der Waals surface area (Å²) in [6.45, 7) is 0.799. The van der Waals surface area contributed by atoms with Crippen molar-refractivity contribution in [3.05, 3.63) is 116 Å². The van der Waals surface area contributed by atoms with Gasteiger partial charge in [0.25, 0.3) is 11.1 Å². The first kappa shape index (κ1) is 25.7. The Hall–Kier alpha value is -3.95. The summed E-state index contributed by atoms with van der Waals surface area (Å²) < 4.78 is 2.99. The Labute approximate surface area is 227 Å². The van der Waals surface area contributed by atoms with Crippen molar-refractivity contribution >= 4 is 45.8 Å². The van der Waals surface area contributed by atoms with Gasteiger partial charge in [-0.15, -0.1) is 0 Å². The fourth-order valence-electron chi connectivity index (χ4n) is 4.08. The van der Waals surface area contributed by atoms with Gasteiger partial charge in [-0.3, -0.25) is 23.4 Å². The van der Waals surface area contributed by atoms with Gasteiger partial charge in [-0.05, 0) is 36.2 Å². The summed E-state index contributed by atoms with van der Waals surface area (Å²) in [5, 5.41) is 4.39. The van der Waals surface area contributed by atoms with E-state index < -0.39 is 0 Å². The molecule has 0 radical (unpaired) electrons. The third-order valence-corrected chi connectivity index (χ3v) is 7.20. The number of nitrogens with one attached hydrogen (secondary N) is 1. The van der Waals surface area contributed by atoms with Gasteiger partial charge < -0.3 is 5.32 Å². The minimum absolute atomic E-state index is 0.0780. The number of amides is 1. The number of carbonyl (C=O) groups is 1. The normalized spacial score (nSPS) is 11.2. The first-order chi connectivity index (χ1) is 18.5. The van der Waals surface area contributed by atoms with Gasteiger partial charge in [-0.1, -0.05) is 65.8 Å². The summed E-state index contributed by atoms with van der Waals surface area (Å²) in [5.41, 5.74) is 2.28. The molecule has 0 aliphatic heterocycles. The number of rotatable bonds is 9. The molecule has 3 aromatic heterocycles. The van der Waals surface area contributed by atoms with Crippen LogP contribution in [0.15, 0.2) is 93.7 Å². The van der Waals surface area contributed by atoms with E-state index in [-0.39, 0.29) is 23.4 Å². The molecule has 0 spiro atoms. The highest BCUT2D eigenvalue weighted by atomic mass is 35.5. The highest BCUT2D eigenvalue weighted by Gasteiger charge is 2.13. The Bertz CT molecular complexity index is 1740. The average Bonchev–Trinajstić information content (AvgIpc) is 2.93. The van der Waals surface area contributed by atoms with E-state index in [0.717, 1.165) is 5.56 Å². The molecule has 0 saturated carbocycles. The van der Waals surface area contributed by atoms with Gasteiger partial charge in [0.05, 0.1) is 21.6 Å². The maximum atomic E-state index is 13.3. The molecule has 5 aromatic rings. The quantitative estimate of drug-likeness (QED) is 0.217. The number of nitrogens with zero attached hydrogens (tertiary/aromatic N) is 4. The van der Waals surface area contributed by atoms with Crippen LogP contribution in [0.5, 0.6) is 0 Å². The van der Waals surface area contributed by atoms with Crippen molar-refractivity contribution < 1.29 is 4.79 Å². The van der Waals surface area contributed by atoms with Crippen LogP contribution >= 0.6 is 23.4 Å². The van der Waals surface area contributed by atoms with Crippen molar-refractivity contribution in [2.24, 2.45) is 0 Å². The van der Waals surface area contributed by atoms with Crippen molar-refractivity contribution in [3.8, 4) is 0 Å². The molecule has 0 atom stereocenters. The zero-order valence-corrected chi connectivity index (χ0v) is 21.9. The molecule has 2 aromatic carbocycles. The number of benzene rings is 2. The third-order valence-electron chi connectivity index (χ3n) is 5.97. The first-order valence-electron chi connectivity index (χ1n) is 12.1. The predicted molar refractivity (Wildman–Crippen MR) is 150 cm³/mol. The van der Waals surface area contributed by atoms with E-state index in [9.17, 15) is 14.4 Å². The van der Waals surface area contributed by atoms with Crippen LogP contribution < -0.4 is 16.4 Å². The molecule has 0 bridgehead atoms. The molecule has 1 N–H and O–H groups in total. The van der Waals surface area contributed by atoms with E-state index >= 15 is 0 Å². The number of fused-ring (bicyclic) bond motifs is 2. The Morgan fingerprint density at radius 2 is 1.76 bits per heavy atom. The standard InChI is InChI=1S/C28H24ClN5O3S/c29-20-12-13-24-31-21(15-26(36)34(24)17-20)18-38-28-32-23-10-5-4-9-22(23)27(37)33(28)14-6-11-25(35)30-16-19-7-2-1-3-8-19/h1-5,7-10,12-13,15,17H,6,11,14,16,18H2,(H,30,35). The summed E-state index contributed by atoms with van der Waals surface area (Å²) in [7, 11) is 0. The number of hydrogen-bond acceptors (Lipinski definition) is 6. The third kappa shape index (κ3) is 5.95. The van der Waals surface area contributed by atoms with Crippen molar-refractivity contribution in [1.29, 1.82) is 0 Å². The summed E-state index contributed by atoms with van der Waals surface area (Å²) >= 11 is 7.33. The second kappa shape index (κ2) is 11.6. The van der Waals surface area contributed by atoms with Crippen LogP contribution in [0.25, 0.3) is 16.6 Å². The predicted octanol–water partition coefficient (Wildman–Crippen LogP) is 4.45. The van der Waals surface area contributed by atoms with Crippen LogP contribution in [0, 0.1) is 0 Å². The lowest BCUT2D eigenvalue weighted by atomic mass is 10.2. The molecule has 38 heavy (non-hydrogen) atoms. The molecular formula is C28H24ClN5O3S. The molecule has 3 heterocycles. The molecule has 0 unspecified atom stereocenters. The zero-order chi connectivity index (χ0) is 26.5. The monoisotopic (exact) mass is 545 g/mol. The number of aromatic nitrogens is 4. The van der Waals surface area contributed by atoms with Crippen LogP contribution in [0.1, 0.15) is 24.1 Å². The number of para-hydroxylation sites is 1.